The fraction of sp³-hybridized carbons (Fsp3) is 0.192. The number of hydrogen-bond donors (Lipinski definition) is 1. The molecule has 1 aliphatic heterocycles. The Balaban J connectivity index is 1.62. The third-order valence-corrected chi connectivity index (χ3v) is 6.41. The lowest BCUT2D eigenvalue weighted by molar-refractivity contribution is 0.310. The van der Waals surface area contributed by atoms with Crippen LogP contribution in [-0.2, 0) is 6.54 Å². The molecule has 6 heteroatoms. The summed E-state index contributed by atoms with van der Waals surface area (Å²) in [4.78, 5) is 11.5. The molecule has 0 saturated carbocycles. The predicted molar refractivity (Wildman–Crippen MR) is 130 cm³/mol. The number of hydrogen-bond acceptors (Lipinski definition) is 3. The summed E-state index contributed by atoms with van der Waals surface area (Å²) in [5, 5.41) is 4.30. The van der Waals surface area contributed by atoms with Gasteiger partial charge in [-0.3, -0.25) is 4.98 Å². The highest BCUT2D eigenvalue weighted by Crippen LogP contribution is 2.42. The second kappa shape index (κ2) is 8.55. The quantitative estimate of drug-likeness (QED) is 0.441. The van der Waals surface area contributed by atoms with Gasteiger partial charge in [0.25, 0.3) is 0 Å². The Labute approximate surface area is 193 Å². The molecule has 5 rings (SSSR count). The molecule has 4 aromatic rings. The van der Waals surface area contributed by atoms with Gasteiger partial charge in [-0.2, -0.15) is 0 Å². The van der Waals surface area contributed by atoms with Crippen molar-refractivity contribution in [3.63, 3.8) is 0 Å². The number of aryl methyl sites for hydroxylation is 1. The number of nitrogens with one attached hydrogen (secondary N) is 1. The van der Waals surface area contributed by atoms with Crippen molar-refractivity contribution in [2.75, 3.05) is 0 Å². The van der Waals surface area contributed by atoms with E-state index in [0.717, 1.165) is 34.6 Å². The first-order valence-corrected chi connectivity index (χ1v) is 11.2. The van der Waals surface area contributed by atoms with E-state index in [9.17, 15) is 0 Å². The largest absolute Gasteiger partial charge is 0.352 e. The van der Waals surface area contributed by atoms with E-state index in [1.165, 1.54) is 11.1 Å². The summed E-state index contributed by atoms with van der Waals surface area (Å²) in [5.41, 5.74) is 5.75. The van der Waals surface area contributed by atoms with Crippen molar-refractivity contribution in [3.05, 3.63) is 113 Å². The monoisotopic (exact) mass is 439 g/mol. The molecule has 0 unspecified atom stereocenters. The summed E-state index contributed by atoms with van der Waals surface area (Å²) in [7, 11) is 0. The molecule has 0 bridgehead atoms. The minimum Gasteiger partial charge on any atom is -0.352 e. The van der Waals surface area contributed by atoms with Crippen LogP contribution < -0.4 is 5.32 Å². The van der Waals surface area contributed by atoms with Gasteiger partial charge in [0.05, 0.1) is 17.8 Å². The molecule has 0 aliphatic carbocycles. The first kappa shape index (κ1) is 20.4. The topological polar surface area (TPSA) is 46.0 Å². The van der Waals surface area contributed by atoms with Crippen molar-refractivity contribution < 1.29 is 0 Å². The van der Waals surface area contributed by atoms with Crippen molar-refractivity contribution in [1.82, 2.24) is 24.8 Å². The van der Waals surface area contributed by atoms with Crippen molar-refractivity contribution in [2.45, 2.75) is 32.5 Å². The molecular weight excluding hydrogens is 414 g/mol. The second-order valence-corrected chi connectivity index (χ2v) is 8.48. The molecule has 1 N–H and O–H groups in total. The third kappa shape index (κ3) is 3.67. The maximum Gasteiger partial charge on any atom is 0.170 e. The van der Waals surface area contributed by atoms with Gasteiger partial charge in [0.15, 0.2) is 5.11 Å². The molecule has 0 radical (unpaired) electrons. The smallest absolute Gasteiger partial charge is 0.170 e. The Morgan fingerprint density at radius 2 is 1.62 bits per heavy atom. The summed E-state index contributed by atoms with van der Waals surface area (Å²) in [6, 6.07) is 24.7. The lowest BCUT2D eigenvalue weighted by atomic mass is 9.96. The van der Waals surface area contributed by atoms with Crippen molar-refractivity contribution in [2.24, 2.45) is 0 Å². The highest BCUT2D eigenvalue weighted by Gasteiger charge is 2.41. The first-order chi connectivity index (χ1) is 15.6. The molecule has 1 aliphatic rings. The minimum atomic E-state index is -0.0369. The van der Waals surface area contributed by atoms with Crippen LogP contribution >= 0.6 is 12.2 Å². The van der Waals surface area contributed by atoms with Gasteiger partial charge in [-0.1, -0.05) is 42.5 Å². The van der Waals surface area contributed by atoms with E-state index in [-0.39, 0.29) is 12.1 Å². The number of nitrogens with zero attached hydrogens (tertiary/aromatic N) is 4. The molecule has 3 aromatic heterocycles. The van der Waals surface area contributed by atoms with Gasteiger partial charge < -0.3 is 14.8 Å². The summed E-state index contributed by atoms with van der Waals surface area (Å²) in [6.07, 6.45) is 3.67. The van der Waals surface area contributed by atoms with Crippen LogP contribution in [-0.4, -0.2) is 24.5 Å². The van der Waals surface area contributed by atoms with Crippen LogP contribution in [0.1, 0.15) is 40.3 Å². The highest BCUT2D eigenvalue weighted by molar-refractivity contribution is 7.80. The first-order valence-electron chi connectivity index (χ1n) is 10.8. The Morgan fingerprint density at radius 1 is 0.906 bits per heavy atom. The van der Waals surface area contributed by atoms with E-state index < -0.39 is 0 Å². The Morgan fingerprint density at radius 3 is 2.31 bits per heavy atom. The lowest BCUT2D eigenvalue weighted by Crippen LogP contribution is -2.29. The van der Waals surface area contributed by atoms with Crippen LogP contribution in [0.3, 0.4) is 0 Å². The van der Waals surface area contributed by atoms with Crippen molar-refractivity contribution in [3.8, 4) is 5.82 Å². The zero-order chi connectivity index (χ0) is 22.1. The molecule has 4 heterocycles. The molecule has 2 atom stereocenters. The zero-order valence-electron chi connectivity index (χ0n) is 18.1. The van der Waals surface area contributed by atoms with Crippen LogP contribution in [0.15, 0.2) is 85.2 Å². The van der Waals surface area contributed by atoms with E-state index in [4.69, 9.17) is 12.2 Å². The van der Waals surface area contributed by atoms with Crippen LogP contribution in [0, 0.1) is 13.8 Å². The molecule has 1 fully saturated rings. The van der Waals surface area contributed by atoms with E-state index in [2.05, 4.69) is 75.0 Å². The summed E-state index contributed by atoms with van der Waals surface area (Å²) in [5.74, 6) is 0.922. The average Bonchev–Trinajstić information content (AvgIpc) is 3.30. The van der Waals surface area contributed by atoms with E-state index in [0.29, 0.717) is 0 Å². The SMILES string of the molecule is Cc1cc([C@H]2[C@@H](c3ccccn3)NC(=S)N2Cc2ccccc2)c(C)n1-c1ccccn1. The van der Waals surface area contributed by atoms with Crippen LogP contribution in [0.4, 0.5) is 0 Å². The Hall–Kier alpha value is -3.51. The number of rotatable bonds is 5. The molecule has 1 saturated heterocycles. The fourth-order valence-electron chi connectivity index (χ4n) is 4.62. The number of aromatic nitrogens is 3. The van der Waals surface area contributed by atoms with Gasteiger partial charge in [-0.25, -0.2) is 4.98 Å². The van der Waals surface area contributed by atoms with Gasteiger partial charge >= 0.3 is 0 Å². The Bertz CT molecular complexity index is 1220. The van der Waals surface area contributed by atoms with E-state index in [1.807, 2.05) is 48.8 Å². The lowest BCUT2D eigenvalue weighted by Gasteiger charge is -2.28. The average molecular weight is 440 g/mol. The molecule has 160 valence electrons. The summed E-state index contributed by atoms with van der Waals surface area (Å²) >= 11 is 5.84. The second-order valence-electron chi connectivity index (χ2n) is 8.09. The molecule has 5 nitrogen and oxygen atoms in total. The van der Waals surface area contributed by atoms with Crippen LogP contribution in [0.25, 0.3) is 5.82 Å². The minimum absolute atomic E-state index is 0.0151. The van der Waals surface area contributed by atoms with Crippen LogP contribution in [0.2, 0.25) is 0 Å². The molecule has 1 aromatic carbocycles. The van der Waals surface area contributed by atoms with Crippen molar-refractivity contribution >= 4 is 17.3 Å². The van der Waals surface area contributed by atoms with Crippen LogP contribution in [0.5, 0.6) is 0 Å². The van der Waals surface area contributed by atoms with Gasteiger partial charge in [0.2, 0.25) is 0 Å². The molecule has 0 spiro atoms. The highest BCUT2D eigenvalue weighted by atomic mass is 32.1. The number of pyridine rings is 2. The third-order valence-electron chi connectivity index (χ3n) is 6.06. The summed E-state index contributed by atoms with van der Waals surface area (Å²) in [6.45, 7) is 5.02. The van der Waals surface area contributed by atoms with E-state index in [1.54, 1.807) is 0 Å². The zero-order valence-corrected chi connectivity index (χ0v) is 19.0. The maximum atomic E-state index is 5.84. The van der Waals surface area contributed by atoms with Gasteiger partial charge in [-0.15, -0.1) is 0 Å². The normalized spacial score (nSPS) is 18.1. The van der Waals surface area contributed by atoms with Gasteiger partial charge in [0, 0.05) is 30.3 Å². The standard InChI is InChI=1S/C26H25N5S/c1-18-16-21(19(2)31(18)23-13-7-9-15-28-23)25-24(22-12-6-8-14-27-22)29-26(32)30(25)17-20-10-4-3-5-11-20/h3-16,24-25H,17H2,1-2H3,(H,29,32)/t24-,25+/m1/s1. The molecule has 0 amide bonds. The summed E-state index contributed by atoms with van der Waals surface area (Å²) < 4.78 is 2.22. The fourth-order valence-corrected chi connectivity index (χ4v) is 4.93. The van der Waals surface area contributed by atoms with E-state index >= 15 is 0 Å². The Kier molecular flexibility index (Phi) is 5.45. The number of benzene rings is 1. The molecule has 32 heavy (non-hydrogen) atoms. The van der Waals surface area contributed by atoms with Gasteiger partial charge in [0.1, 0.15) is 5.82 Å². The maximum absolute atomic E-state index is 5.84. The number of thiocarbonyl (C=S) groups is 1. The predicted octanol–water partition coefficient (Wildman–Crippen LogP) is 5.06. The molecular formula is C26H25N5S. The van der Waals surface area contributed by atoms with Gasteiger partial charge in [-0.05, 0) is 67.5 Å². The van der Waals surface area contributed by atoms with Crippen molar-refractivity contribution in [1.29, 1.82) is 0 Å².